The first-order valence-corrected chi connectivity index (χ1v) is 9.34. The number of rotatable bonds is 7. The first-order valence-electron chi connectivity index (χ1n) is 8.55. The van der Waals surface area contributed by atoms with Crippen molar-refractivity contribution < 1.29 is 19.1 Å². The van der Waals surface area contributed by atoms with Gasteiger partial charge in [0, 0.05) is 36.1 Å². The Hall–Kier alpha value is -2.47. The van der Waals surface area contributed by atoms with E-state index in [1.807, 2.05) is 12.1 Å². The molecule has 0 saturated carbocycles. The number of likely N-dealkylation sites (N-methyl/N-ethyl adjacent to an activating group) is 1. The molecular formula is C21H22BrNO4. The van der Waals surface area contributed by atoms with E-state index >= 15 is 0 Å². The Morgan fingerprint density at radius 1 is 1.04 bits per heavy atom. The summed E-state index contributed by atoms with van der Waals surface area (Å²) in [6.07, 6.45) is -1.02. The first kappa shape index (κ1) is 20.8. The molecule has 0 unspecified atom stereocenters. The second-order valence-electron chi connectivity index (χ2n) is 6.50. The number of hydrogen-bond acceptors (Lipinski definition) is 4. The van der Waals surface area contributed by atoms with Gasteiger partial charge in [0.15, 0.2) is 5.78 Å². The quantitative estimate of drug-likeness (QED) is 0.490. The highest BCUT2D eigenvalue weighted by atomic mass is 79.9. The Balaban J connectivity index is 2.10. The van der Waals surface area contributed by atoms with Crippen molar-refractivity contribution in [3.63, 3.8) is 0 Å². The summed E-state index contributed by atoms with van der Waals surface area (Å²) >= 11 is 3.33. The van der Waals surface area contributed by atoms with Crippen molar-refractivity contribution in [1.82, 2.24) is 4.90 Å². The number of carbonyl (C=O) groups excluding carboxylic acids is 3. The molecule has 27 heavy (non-hydrogen) atoms. The minimum Gasteiger partial charge on any atom is -0.447 e. The van der Waals surface area contributed by atoms with Crippen molar-refractivity contribution in [2.45, 2.75) is 19.4 Å². The second kappa shape index (κ2) is 9.46. The fourth-order valence-electron chi connectivity index (χ4n) is 2.50. The van der Waals surface area contributed by atoms with Crippen LogP contribution in [-0.4, -0.2) is 36.7 Å². The van der Waals surface area contributed by atoms with Crippen molar-refractivity contribution >= 4 is 33.6 Å². The molecule has 0 aromatic heterocycles. The molecule has 0 aliphatic rings. The van der Waals surface area contributed by atoms with Crippen molar-refractivity contribution in [2.75, 3.05) is 14.1 Å². The van der Waals surface area contributed by atoms with Gasteiger partial charge in [-0.25, -0.2) is 0 Å². The maximum absolute atomic E-state index is 12.5. The van der Waals surface area contributed by atoms with E-state index in [0.29, 0.717) is 11.1 Å². The molecule has 0 aliphatic heterocycles. The van der Waals surface area contributed by atoms with Crippen LogP contribution in [0.5, 0.6) is 0 Å². The second-order valence-corrected chi connectivity index (χ2v) is 7.41. The molecule has 0 aliphatic carbocycles. The minimum absolute atomic E-state index is 0.00690. The fraction of sp³-hybridized carbons (Fsp3) is 0.286. The zero-order chi connectivity index (χ0) is 20.0. The highest BCUT2D eigenvalue weighted by Crippen LogP contribution is 2.23. The Bertz CT molecular complexity index is 820. The molecular weight excluding hydrogens is 410 g/mol. The summed E-state index contributed by atoms with van der Waals surface area (Å²) in [7, 11) is 3.21. The molecule has 0 fully saturated rings. The minimum atomic E-state index is -1.03. The maximum atomic E-state index is 12.5. The Labute approximate surface area is 167 Å². The maximum Gasteiger partial charge on any atom is 0.310 e. The predicted molar refractivity (Wildman–Crippen MR) is 106 cm³/mol. The standard InChI is InChI=1S/C21H22BrNO4/c1-14(12-18(24)16-10-7-11-17(22)13-16)21(26)27-19(20(25)23(2)3)15-8-5-4-6-9-15/h4-11,13-14,19H,12H2,1-3H3/t14-,19-/m0/s1. The number of benzene rings is 2. The number of hydrogen-bond donors (Lipinski definition) is 0. The smallest absolute Gasteiger partial charge is 0.310 e. The molecule has 0 saturated heterocycles. The Morgan fingerprint density at radius 3 is 2.30 bits per heavy atom. The molecule has 2 aromatic rings. The number of esters is 1. The third-order valence-corrected chi connectivity index (χ3v) is 4.54. The van der Waals surface area contributed by atoms with Crippen molar-refractivity contribution in [3.8, 4) is 0 Å². The highest BCUT2D eigenvalue weighted by molar-refractivity contribution is 9.10. The van der Waals surface area contributed by atoms with Gasteiger partial charge < -0.3 is 9.64 Å². The van der Waals surface area contributed by atoms with Crippen LogP contribution < -0.4 is 0 Å². The summed E-state index contributed by atoms with van der Waals surface area (Å²) in [6, 6.07) is 15.8. The molecule has 0 spiro atoms. The lowest BCUT2D eigenvalue weighted by Crippen LogP contribution is -2.32. The monoisotopic (exact) mass is 431 g/mol. The van der Waals surface area contributed by atoms with Gasteiger partial charge in [-0.15, -0.1) is 0 Å². The molecule has 1 amide bonds. The van der Waals surface area contributed by atoms with Crippen LogP contribution in [0.3, 0.4) is 0 Å². The normalized spacial score (nSPS) is 12.7. The summed E-state index contributed by atoms with van der Waals surface area (Å²) in [5.41, 5.74) is 1.11. The molecule has 142 valence electrons. The molecule has 6 heteroatoms. The zero-order valence-corrected chi connectivity index (χ0v) is 17.1. The van der Waals surface area contributed by atoms with E-state index in [-0.39, 0.29) is 18.1 Å². The van der Waals surface area contributed by atoms with Gasteiger partial charge in [0.05, 0.1) is 5.92 Å². The van der Waals surface area contributed by atoms with Gasteiger partial charge in [0.25, 0.3) is 5.91 Å². The van der Waals surface area contributed by atoms with Crippen LogP contribution >= 0.6 is 15.9 Å². The Morgan fingerprint density at radius 2 is 1.70 bits per heavy atom. The average Bonchev–Trinajstić information content (AvgIpc) is 2.65. The summed E-state index contributed by atoms with van der Waals surface area (Å²) in [5, 5.41) is 0. The Kier molecular flexibility index (Phi) is 7.30. The van der Waals surface area contributed by atoms with E-state index < -0.39 is 18.0 Å². The average molecular weight is 432 g/mol. The molecule has 5 nitrogen and oxygen atoms in total. The summed E-state index contributed by atoms with van der Waals surface area (Å²) in [6.45, 7) is 1.63. The van der Waals surface area contributed by atoms with Crippen LogP contribution in [0.25, 0.3) is 0 Å². The van der Waals surface area contributed by atoms with Gasteiger partial charge in [0.1, 0.15) is 0 Å². The van der Waals surface area contributed by atoms with Crippen LogP contribution in [0, 0.1) is 5.92 Å². The lowest BCUT2D eigenvalue weighted by molar-refractivity contribution is -0.162. The molecule has 0 N–H and O–H groups in total. The molecule has 2 rings (SSSR count). The summed E-state index contributed by atoms with van der Waals surface area (Å²) in [4.78, 5) is 38.8. The largest absolute Gasteiger partial charge is 0.447 e. The summed E-state index contributed by atoms with van der Waals surface area (Å²) in [5.74, 6) is -1.74. The highest BCUT2D eigenvalue weighted by Gasteiger charge is 2.29. The van der Waals surface area contributed by atoms with Gasteiger partial charge in [-0.05, 0) is 12.1 Å². The number of nitrogens with zero attached hydrogens (tertiary/aromatic N) is 1. The molecule has 0 heterocycles. The van der Waals surface area contributed by atoms with E-state index in [1.165, 1.54) is 4.90 Å². The number of Topliss-reactive ketones (excluding diaryl/α,β-unsaturated/α-hetero) is 1. The molecule has 2 aromatic carbocycles. The van der Waals surface area contributed by atoms with Gasteiger partial charge in [-0.1, -0.05) is 65.3 Å². The van der Waals surface area contributed by atoms with Gasteiger partial charge in [0.2, 0.25) is 6.10 Å². The number of halogens is 1. The first-order chi connectivity index (χ1) is 12.8. The third kappa shape index (κ3) is 5.76. The van der Waals surface area contributed by atoms with Gasteiger partial charge in [-0.3, -0.25) is 14.4 Å². The lowest BCUT2D eigenvalue weighted by Gasteiger charge is -2.22. The summed E-state index contributed by atoms with van der Waals surface area (Å²) < 4.78 is 6.29. The fourth-order valence-corrected chi connectivity index (χ4v) is 2.90. The van der Waals surface area contributed by atoms with E-state index in [0.717, 1.165) is 4.47 Å². The van der Waals surface area contributed by atoms with Crippen molar-refractivity contribution in [2.24, 2.45) is 5.92 Å². The number of ketones is 1. The van der Waals surface area contributed by atoms with Crippen LogP contribution in [0.4, 0.5) is 0 Å². The molecule has 0 bridgehead atoms. The van der Waals surface area contributed by atoms with Gasteiger partial charge in [-0.2, -0.15) is 0 Å². The van der Waals surface area contributed by atoms with E-state index in [2.05, 4.69) is 15.9 Å². The van der Waals surface area contributed by atoms with Crippen LogP contribution in [0.2, 0.25) is 0 Å². The number of carbonyl (C=O) groups is 3. The lowest BCUT2D eigenvalue weighted by atomic mass is 9.99. The van der Waals surface area contributed by atoms with Crippen LogP contribution in [0.15, 0.2) is 59.1 Å². The van der Waals surface area contributed by atoms with Crippen molar-refractivity contribution in [1.29, 1.82) is 0 Å². The van der Waals surface area contributed by atoms with E-state index in [4.69, 9.17) is 4.74 Å². The van der Waals surface area contributed by atoms with Crippen molar-refractivity contribution in [3.05, 3.63) is 70.2 Å². The van der Waals surface area contributed by atoms with E-state index in [1.54, 1.807) is 63.5 Å². The van der Waals surface area contributed by atoms with E-state index in [9.17, 15) is 14.4 Å². The molecule has 0 radical (unpaired) electrons. The number of amides is 1. The molecule has 2 atom stereocenters. The number of ether oxygens (including phenoxy) is 1. The SMILES string of the molecule is C[C@@H](CC(=O)c1cccc(Br)c1)C(=O)O[C@H](C(=O)N(C)C)c1ccccc1. The topological polar surface area (TPSA) is 63.7 Å². The van der Waals surface area contributed by atoms with Crippen LogP contribution in [-0.2, 0) is 14.3 Å². The zero-order valence-electron chi connectivity index (χ0n) is 15.5. The van der Waals surface area contributed by atoms with Crippen LogP contribution in [0.1, 0.15) is 35.4 Å². The van der Waals surface area contributed by atoms with Gasteiger partial charge >= 0.3 is 5.97 Å². The predicted octanol–water partition coefficient (Wildman–Crippen LogP) is 4.03. The third-order valence-electron chi connectivity index (χ3n) is 4.04.